The summed E-state index contributed by atoms with van der Waals surface area (Å²) in [5.74, 6) is 1.92. The van der Waals surface area contributed by atoms with Crippen LogP contribution in [0, 0.1) is 0 Å². The van der Waals surface area contributed by atoms with Gasteiger partial charge in [0.15, 0.2) is 17.5 Å². The number of aromatic nitrogens is 3. The molecule has 62 heavy (non-hydrogen) atoms. The fourth-order valence-corrected chi connectivity index (χ4v) is 11.5. The van der Waals surface area contributed by atoms with E-state index in [1.807, 2.05) is 29.5 Å². The van der Waals surface area contributed by atoms with Crippen molar-refractivity contribution < 1.29 is 0 Å². The van der Waals surface area contributed by atoms with Gasteiger partial charge in [-0.3, -0.25) is 0 Å². The van der Waals surface area contributed by atoms with E-state index in [0.29, 0.717) is 17.5 Å². The van der Waals surface area contributed by atoms with Crippen molar-refractivity contribution >= 4 is 31.5 Å². The normalized spacial score (nSPS) is 13.0. The van der Waals surface area contributed by atoms with Crippen LogP contribution >= 0.6 is 11.3 Å². The van der Waals surface area contributed by atoms with Gasteiger partial charge in [-0.1, -0.05) is 194 Å². The molecule has 0 bridgehead atoms. The number of nitrogens with zero attached hydrogens (tertiary/aromatic N) is 3. The number of hydrogen-bond donors (Lipinski definition) is 0. The number of benzene rings is 9. The van der Waals surface area contributed by atoms with Crippen molar-refractivity contribution in [3.63, 3.8) is 0 Å². The Hall–Kier alpha value is -7.79. The topological polar surface area (TPSA) is 38.7 Å². The van der Waals surface area contributed by atoms with Crippen molar-refractivity contribution in [2.75, 3.05) is 0 Å². The maximum Gasteiger partial charge on any atom is 0.164 e. The second-order valence-corrected chi connectivity index (χ2v) is 17.3. The Labute approximate surface area is 363 Å². The van der Waals surface area contributed by atoms with Crippen molar-refractivity contribution in [2.24, 2.45) is 0 Å². The molecule has 288 valence electrons. The van der Waals surface area contributed by atoms with Crippen molar-refractivity contribution in [1.29, 1.82) is 0 Å². The van der Waals surface area contributed by atoms with Crippen LogP contribution in [0.4, 0.5) is 0 Å². The Morgan fingerprint density at radius 3 is 1.45 bits per heavy atom. The molecule has 0 saturated carbocycles. The van der Waals surface area contributed by atoms with E-state index in [4.69, 9.17) is 15.0 Å². The molecule has 0 aliphatic heterocycles. The van der Waals surface area contributed by atoms with Crippen molar-refractivity contribution in [2.45, 2.75) is 5.41 Å². The average Bonchev–Trinajstić information content (AvgIpc) is 3.98. The molecule has 0 radical (unpaired) electrons. The molecular formula is C58H35N3S. The summed E-state index contributed by atoms with van der Waals surface area (Å²) in [5, 5.41) is 2.60. The maximum absolute atomic E-state index is 5.17. The lowest BCUT2D eigenvalue weighted by molar-refractivity contribution is 0.794. The van der Waals surface area contributed by atoms with Gasteiger partial charge in [0.25, 0.3) is 0 Å². The van der Waals surface area contributed by atoms with Crippen molar-refractivity contribution in [3.05, 3.63) is 235 Å². The molecule has 0 unspecified atom stereocenters. The summed E-state index contributed by atoms with van der Waals surface area (Å²) >= 11 is 1.85. The Kier molecular flexibility index (Phi) is 7.69. The first-order valence-electron chi connectivity index (χ1n) is 21.1. The summed E-state index contributed by atoms with van der Waals surface area (Å²) in [5.41, 5.74) is 17.7. The van der Waals surface area contributed by atoms with Gasteiger partial charge in [0.1, 0.15) is 0 Å². The zero-order chi connectivity index (χ0) is 40.8. The molecule has 0 saturated heterocycles. The number of fused-ring (bicyclic) bond motifs is 13. The predicted molar refractivity (Wildman–Crippen MR) is 256 cm³/mol. The van der Waals surface area contributed by atoms with Crippen LogP contribution in [0.3, 0.4) is 0 Å². The summed E-state index contributed by atoms with van der Waals surface area (Å²) < 4.78 is 2.61. The van der Waals surface area contributed by atoms with Crippen molar-refractivity contribution in [1.82, 2.24) is 15.0 Å². The summed E-state index contributed by atoms with van der Waals surface area (Å²) in [7, 11) is 0. The predicted octanol–water partition coefficient (Wildman–Crippen LogP) is 14.9. The highest BCUT2D eigenvalue weighted by Gasteiger charge is 2.51. The maximum atomic E-state index is 5.17. The molecule has 2 aliphatic rings. The van der Waals surface area contributed by atoms with Crippen LogP contribution in [-0.2, 0) is 5.41 Å². The Morgan fingerprint density at radius 2 is 0.742 bits per heavy atom. The van der Waals surface area contributed by atoms with Crippen LogP contribution in [0.25, 0.3) is 98.8 Å². The molecule has 13 rings (SSSR count). The molecular weight excluding hydrogens is 771 g/mol. The lowest BCUT2D eigenvalue weighted by Gasteiger charge is -2.30. The quantitative estimate of drug-likeness (QED) is 0.174. The molecule has 0 fully saturated rings. The molecule has 2 aliphatic carbocycles. The standard InChI is InChI=1S/C58H35N3S/c1-2-14-37(15-3-1)55-59-56(38-30-28-36(29-31-38)42-22-13-23-47-46-21-7-11-27-53(46)62-54(42)47)61-57(60-55)41-17-12-16-39(34-41)40-32-33-52-48(35-40)45-20-6-10-26-51(45)58(52)49-24-8-4-18-43(49)44-19-5-9-25-50(44)58/h1-35H. The second kappa shape index (κ2) is 13.6. The molecule has 2 aromatic heterocycles. The fourth-order valence-electron chi connectivity index (χ4n) is 10.2. The molecule has 4 heteroatoms. The lowest BCUT2D eigenvalue weighted by Crippen LogP contribution is -2.25. The first-order valence-corrected chi connectivity index (χ1v) is 21.9. The monoisotopic (exact) mass is 805 g/mol. The largest absolute Gasteiger partial charge is 0.208 e. The third-order valence-corrected chi connectivity index (χ3v) is 14.2. The highest BCUT2D eigenvalue weighted by molar-refractivity contribution is 7.26. The van der Waals surface area contributed by atoms with Gasteiger partial charge in [-0.15, -0.1) is 11.3 Å². The van der Waals surface area contributed by atoms with E-state index in [9.17, 15) is 0 Å². The van der Waals surface area contributed by atoms with Gasteiger partial charge in [0.2, 0.25) is 0 Å². The van der Waals surface area contributed by atoms with Crippen LogP contribution < -0.4 is 0 Å². The summed E-state index contributed by atoms with van der Waals surface area (Å²) in [6, 6.07) is 76.7. The molecule has 2 heterocycles. The third kappa shape index (κ3) is 5.14. The smallest absolute Gasteiger partial charge is 0.164 e. The molecule has 0 N–H and O–H groups in total. The highest BCUT2D eigenvalue weighted by Crippen LogP contribution is 2.63. The second-order valence-electron chi connectivity index (χ2n) is 16.3. The van der Waals surface area contributed by atoms with Crippen LogP contribution in [-0.4, -0.2) is 15.0 Å². The number of hydrogen-bond acceptors (Lipinski definition) is 4. The minimum absolute atomic E-state index is 0.362. The first-order chi connectivity index (χ1) is 30.7. The minimum Gasteiger partial charge on any atom is -0.208 e. The van der Waals surface area contributed by atoms with Gasteiger partial charge in [0.05, 0.1) is 5.41 Å². The van der Waals surface area contributed by atoms with Crippen LogP contribution in [0.1, 0.15) is 22.3 Å². The van der Waals surface area contributed by atoms with Gasteiger partial charge < -0.3 is 0 Å². The zero-order valence-corrected chi connectivity index (χ0v) is 34.3. The van der Waals surface area contributed by atoms with E-state index in [2.05, 4.69) is 194 Å². The van der Waals surface area contributed by atoms with Crippen molar-refractivity contribution in [3.8, 4) is 78.7 Å². The summed E-state index contributed by atoms with van der Waals surface area (Å²) in [6.45, 7) is 0. The fraction of sp³-hybridized carbons (Fsp3) is 0.0172. The summed E-state index contributed by atoms with van der Waals surface area (Å²) in [4.78, 5) is 15.4. The van der Waals surface area contributed by atoms with Crippen LogP contribution in [0.5, 0.6) is 0 Å². The average molecular weight is 806 g/mol. The number of thiophene rings is 1. The van der Waals surface area contributed by atoms with Gasteiger partial charge in [-0.2, -0.15) is 0 Å². The molecule has 9 aromatic carbocycles. The molecule has 11 aromatic rings. The van der Waals surface area contributed by atoms with E-state index in [1.165, 1.54) is 75.8 Å². The van der Waals surface area contributed by atoms with Gasteiger partial charge in [0, 0.05) is 36.9 Å². The minimum atomic E-state index is -0.362. The lowest BCUT2D eigenvalue weighted by atomic mass is 9.70. The molecule has 0 atom stereocenters. The van der Waals surface area contributed by atoms with E-state index in [-0.39, 0.29) is 5.41 Å². The SMILES string of the molecule is c1ccc(-c2nc(-c3ccc(-c4cccc5c4sc4ccccc45)cc3)nc(-c3cccc(-c4ccc5c(c4)-c4ccccc4C54c5ccccc5-c5ccccc54)c3)n2)cc1. The van der Waals surface area contributed by atoms with Gasteiger partial charge in [-0.25, -0.2) is 15.0 Å². The van der Waals surface area contributed by atoms with Crippen LogP contribution in [0.15, 0.2) is 212 Å². The van der Waals surface area contributed by atoms with E-state index in [0.717, 1.165) is 27.8 Å². The van der Waals surface area contributed by atoms with Crippen LogP contribution in [0.2, 0.25) is 0 Å². The molecule has 0 amide bonds. The Balaban J connectivity index is 0.910. The highest BCUT2D eigenvalue weighted by atomic mass is 32.1. The Bertz CT molecular complexity index is 3540. The third-order valence-electron chi connectivity index (χ3n) is 13.0. The molecule has 1 spiro atoms. The zero-order valence-electron chi connectivity index (χ0n) is 33.5. The van der Waals surface area contributed by atoms with E-state index < -0.39 is 0 Å². The first kappa shape index (κ1) is 35.0. The van der Waals surface area contributed by atoms with Gasteiger partial charge in [-0.05, 0) is 85.0 Å². The van der Waals surface area contributed by atoms with E-state index >= 15 is 0 Å². The Morgan fingerprint density at radius 1 is 0.290 bits per heavy atom. The van der Waals surface area contributed by atoms with Gasteiger partial charge >= 0.3 is 0 Å². The van der Waals surface area contributed by atoms with E-state index in [1.54, 1.807) is 0 Å². The molecule has 3 nitrogen and oxygen atoms in total. The number of rotatable bonds is 5. The summed E-state index contributed by atoms with van der Waals surface area (Å²) in [6.07, 6.45) is 0.